The van der Waals surface area contributed by atoms with Gasteiger partial charge in [0.25, 0.3) is 6.47 Å². The van der Waals surface area contributed by atoms with Crippen molar-refractivity contribution < 1.29 is 14.6 Å². The Labute approximate surface area is 159 Å². The molecule has 2 atom stereocenters. The van der Waals surface area contributed by atoms with E-state index in [0.29, 0.717) is 11.9 Å². The summed E-state index contributed by atoms with van der Waals surface area (Å²) < 4.78 is 7.31. The number of aromatic nitrogens is 4. The number of rotatable bonds is 4. The molecule has 0 aliphatic carbocycles. The predicted octanol–water partition coefficient (Wildman–Crippen LogP) is 2.31. The van der Waals surface area contributed by atoms with E-state index in [4.69, 9.17) is 14.6 Å². The van der Waals surface area contributed by atoms with Crippen molar-refractivity contribution >= 4 is 6.47 Å². The number of carbonyl (C=O) groups is 1. The Morgan fingerprint density at radius 2 is 1.93 bits per heavy atom. The van der Waals surface area contributed by atoms with Gasteiger partial charge in [0, 0.05) is 37.4 Å². The summed E-state index contributed by atoms with van der Waals surface area (Å²) in [4.78, 5) is 24.0. The third-order valence-electron chi connectivity index (χ3n) is 5.44. The van der Waals surface area contributed by atoms with Crippen LogP contribution in [0.5, 0.6) is 6.01 Å². The van der Waals surface area contributed by atoms with Crippen molar-refractivity contribution in [2.75, 3.05) is 20.2 Å². The molecule has 2 aromatic heterocycles. The number of imidazole rings is 1. The first kappa shape index (κ1) is 19.3. The molecule has 146 valence electrons. The van der Waals surface area contributed by atoms with Gasteiger partial charge in [-0.25, -0.2) is 15.0 Å². The molecule has 2 saturated heterocycles. The molecule has 2 aliphatic rings. The second kappa shape index (κ2) is 9.45. The molecule has 0 amide bonds. The van der Waals surface area contributed by atoms with Crippen molar-refractivity contribution in [1.82, 2.24) is 24.4 Å². The van der Waals surface area contributed by atoms with Gasteiger partial charge < -0.3 is 19.3 Å². The molecule has 0 spiro atoms. The fourth-order valence-corrected chi connectivity index (χ4v) is 4.30. The highest BCUT2D eigenvalue weighted by molar-refractivity contribution is 5.52. The highest BCUT2D eigenvalue weighted by Gasteiger charge is 2.33. The molecule has 4 heterocycles. The van der Waals surface area contributed by atoms with E-state index in [1.165, 1.54) is 45.2 Å². The largest absolute Gasteiger partial charge is 0.483 e. The minimum atomic E-state index is -0.250. The second-order valence-corrected chi connectivity index (χ2v) is 6.97. The van der Waals surface area contributed by atoms with Gasteiger partial charge in [0.1, 0.15) is 5.82 Å². The normalized spacial score (nSPS) is 22.3. The van der Waals surface area contributed by atoms with Gasteiger partial charge in [-0.05, 0) is 44.7 Å². The topological polar surface area (TPSA) is 93.4 Å². The van der Waals surface area contributed by atoms with Crippen LogP contribution in [0.2, 0.25) is 0 Å². The number of ether oxygens (including phenoxy) is 1. The smallest absolute Gasteiger partial charge is 0.316 e. The lowest BCUT2D eigenvalue weighted by molar-refractivity contribution is -0.122. The Balaban J connectivity index is 0.000000659. The third-order valence-corrected chi connectivity index (χ3v) is 5.44. The van der Waals surface area contributed by atoms with Gasteiger partial charge in [0.15, 0.2) is 0 Å². The summed E-state index contributed by atoms with van der Waals surface area (Å²) in [5.41, 5.74) is 0.942. The van der Waals surface area contributed by atoms with Crippen LogP contribution in [-0.4, -0.2) is 62.2 Å². The number of hydrogen-bond donors (Lipinski definition) is 1. The molecule has 2 aromatic rings. The van der Waals surface area contributed by atoms with E-state index in [9.17, 15) is 0 Å². The summed E-state index contributed by atoms with van der Waals surface area (Å²) in [7, 11) is 1.58. The fraction of sp³-hybridized carbons (Fsp3) is 0.579. The Hall–Kier alpha value is -2.48. The zero-order valence-electron chi connectivity index (χ0n) is 15.7. The number of carboxylic acid groups (broad SMARTS) is 1. The summed E-state index contributed by atoms with van der Waals surface area (Å²) in [5, 5.41) is 6.89. The number of fused-ring (bicyclic) bond motifs is 1. The number of nitrogens with zero attached hydrogens (tertiary/aromatic N) is 5. The summed E-state index contributed by atoms with van der Waals surface area (Å²) in [6.45, 7) is 3.34. The molecule has 0 bridgehead atoms. The molecule has 2 fully saturated rings. The molecule has 1 N–H and O–H groups in total. The first-order chi connectivity index (χ1) is 13.3. The van der Waals surface area contributed by atoms with Crippen LogP contribution < -0.4 is 4.74 Å². The van der Waals surface area contributed by atoms with Gasteiger partial charge >= 0.3 is 6.01 Å². The molecule has 0 saturated carbocycles. The Kier molecular flexibility index (Phi) is 6.75. The lowest BCUT2D eigenvalue weighted by Gasteiger charge is -2.44. The zero-order valence-corrected chi connectivity index (χ0v) is 15.7. The summed E-state index contributed by atoms with van der Waals surface area (Å²) in [5.74, 6) is 1.66. The van der Waals surface area contributed by atoms with E-state index in [1.54, 1.807) is 19.5 Å². The van der Waals surface area contributed by atoms with Crippen LogP contribution >= 0.6 is 0 Å². The molecule has 27 heavy (non-hydrogen) atoms. The standard InChI is InChI=1S/C18H25N5O.CH2O2/c1-24-18-20-11-15(12-21-18)17-19-7-10-23(17)13-14-5-4-9-22-8-3-2-6-16(14)22;2-1-3/h7,10-12,14,16H,2-6,8-9,13H2,1H3;1H,(H,2,3)/t14-,16+;/m0./s1. The van der Waals surface area contributed by atoms with E-state index >= 15 is 0 Å². The van der Waals surface area contributed by atoms with Gasteiger partial charge in [0.05, 0.1) is 12.7 Å². The molecule has 0 unspecified atom stereocenters. The second-order valence-electron chi connectivity index (χ2n) is 6.97. The molecule has 4 rings (SSSR count). The third kappa shape index (κ3) is 4.63. The zero-order chi connectivity index (χ0) is 19.1. The van der Waals surface area contributed by atoms with Crippen molar-refractivity contribution in [3.05, 3.63) is 24.8 Å². The number of hydrogen-bond acceptors (Lipinski definition) is 6. The Morgan fingerprint density at radius 1 is 1.19 bits per heavy atom. The van der Waals surface area contributed by atoms with Gasteiger partial charge in [-0.1, -0.05) is 6.42 Å². The van der Waals surface area contributed by atoms with E-state index < -0.39 is 0 Å². The molecular weight excluding hydrogens is 346 g/mol. The van der Waals surface area contributed by atoms with Gasteiger partial charge in [-0.2, -0.15) is 0 Å². The summed E-state index contributed by atoms with van der Waals surface area (Å²) in [6, 6.07) is 1.14. The van der Waals surface area contributed by atoms with Crippen molar-refractivity contribution in [2.24, 2.45) is 5.92 Å². The average molecular weight is 373 g/mol. The van der Waals surface area contributed by atoms with Gasteiger partial charge in [-0.3, -0.25) is 4.79 Å². The van der Waals surface area contributed by atoms with E-state index in [-0.39, 0.29) is 6.47 Å². The monoisotopic (exact) mass is 373 g/mol. The van der Waals surface area contributed by atoms with Crippen molar-refractivity contribution in [1.29, 1.82) is 0 Å². The summed E-state index contributed by atoms with van der Waals surface area (Å²) >= 11 is 0. The van der Waals surface area contributed by atoms with Crippen LogP contribution in [-0.2, 0) is 11.3 Å². The number of methoxy groups -OCH3 is 1. The van der Waals surface area contributed by atoms with E-state index in [2.05, 4.69) is 30.6 Å². The first-order valence-electron chi connectivity index (χ1n) is 9.46. The lowest BCUT2D eigenvalue weighted by atomic mass is 9.83. The molecule has 2 aliphatic heterocycles. The van der Waals surface area contributed by atoms with Crippen molar-refractivity contribution in [3.8, 4) is 17.4 Å². The van der Waals surface area contributed by atoms with Crippen LogP contribution in [0.3, 0.4) is 0 Å². The van der Waals surface area contributed by atoms with Crippen LogP contribution in [0.4, 0.5) is 0 Å². The van der Waals surface area contributed by atoms with Crippen molar-refractivity contribution in [2.45, 2.75) is 44.7 Å². The minimum Gasteiger partial charge on any atom is -0.483 e. The predicted molar refractivity (Wildman–Crippen MR) is 100 cm³/mol. The van der Waals surface area contributed by atoms with Crippen LogP contribution in [0.25, 0.3) is 11.4 Å². The quantitative estimate of drug-likeness (QED) is 0.822. The maximum absolute atomic E-state index is 8.36. The molecule has 0 radical (unpaired) electrons. The van der Waals surface area contributed by atoms with Gasteiger partial charge in [0.2, 0.25) is 0 Å². The van der Waals surface area contributed by atoms with Crippen LogP contribution in [0.1, 0.15) is 32.1 Å². The minimum absolute atomic E-state index is 0.250. The molecular formula is C19H27N5O3. The molecule has 8 nitrogen and oxygen atoms in total. The average Bonchev–Trinajstić information content (AvgIpc) is 3.17. The van der Waals surface area contributed by atoms with Crippen LogP contribution in [0, 0.1) is 5.92 Å². The van der Waals surface area contributed by atoms with Crippen molar-refractivity contribution in [3.63, 3.8) is 0 Å². The highest BCUT2D eigenvalue weighted by atomic mass is 16.5. The summed E-state index contributed by atoms with van der Waals surface area (Å²) in [6.07, 6.45) is 14.3. The van der Waals surface area contributed by atoms with Gasteiger partial charge in [-0.15, -0.1) is 0 Å². The lowest BCUT2D eigenvalue weighted by Crippen LogP contribution is -2.49. The van der Waals surface area contributed by atoms with Crippen LogP contribution in [0.15, 0.2) is 24.8 Å². The van der Waals surface area contributed by atoms with E-state index in [1.807, 2.05) is 6.20 Å². The number of piperidine rings is 2. The Morgan fingerprint density at radius 3 is 2.67 bits per heavy atom. The van der Waals surface area contributed by atoms with E-state index in [0.717, 1.165) is 24.0 Å². The molecule has 0 aromatic carbocycles. The maximum atomic E-state index is 8.36. The highest BCUT2D eigenvalue weighted by Crippen LogP contribution is 2.32. The maximum Gasteiger partial charge on any atom is 0.316 e. The first-order valence-corrected chi connectivity index (χ1v) is 9.46. The Bertz CT molecular complexity index is 716. The SMILES string of the molecule is COc1ncc(-c2nccn2C[C@@H]2CCCN3CCCC[C@H]23)cn1.O=CO. The fourth-order valence-electron chi connectivity index (χ4n) is 4.30. The molecule has 8 heteroatoms.